The van der Waals surface area contributed by atoms with E-state index in [1.54, 1.807) is 0 Å². The molecule has 4 heteroatoms. The first-order valence-corrected chi connectivity index (χ1v) is 6.82. The normalized spacial score (nSPS) is 24.4. The first-order chi connectivity index (χ1) is 8.97. The average molecular weight is 271 g/mol. The molecule has 1 saturated carbocycles. The van der Waals surface area contributed by atoms with Gasteiger partial charge in [-0.3, -0.25) is 0 Å². The van der Waals surface area contributed by atoms with E-state index in [2.05, 4.69) is 5.32 Å². The third-order valence-electron chi connectivity index (χ3n) is 3.88. The van der Waals surface area contributed by atoms with Gasteiger partial charge in [-0.1, -0.05) is 42.7 Å². The molecule has 106 valence electrons. The van der Waals surface area contributed by atoms with Crippen molar-refractivity contribution >= 4 is 0 Å². The van der Waals surface area contributed by atoms with E-state index in [0.717, 1.165) is 17.5 Å². The lowest BCUT2D eigenvalue weighted by Gasteiger charge is -2.33. The Bertz CT molecular complexity index is 397. The Morgan fingerprint density at radius 2 is 1.74 bits per heavy atom. The van der Waals surface area contributed by atoms with Crippen molar-refractivity contribution in [2.45, 2.75) is 51.4 Å². The van der Waals surface area contributed by atoms with E-state index in [9.17, 15) is 13.2 Å². The molecule has 0 amide bonds. The average Bonchev–Trinajstić information content (AvgIpc) is 2.37. The minimum Gasteiger partial charge on any atom is -0.309 e. The molecule has 0 saturated heterocycles. The highest BCUT2D eigenvalue weighted by atomic mass is 19.4. The number of rotatable bonds is 3. The molecular weight excluding hydrogens is 251 g/mol. The number of alkyl halides is 3. The van der Waals surface area contributed by atoms with Crippen LogP contribution in [0.5, 0.6) is 0 Å². The van der Waals surface area contributed by atoms with Crippen LogP contribution in [0.1, 0.15) is 36.8 Å². The zero-order valence-electron chi connectivity index (χ0n) is 11.1. The van der Waals surface area contributed by atoms with Crippen molar-refractivity contribution in [3.05, 3.63) is 35.4 Å². The van der Waals surface area contributed by atoms with Gasteiger partial charge >= 0.3 is 6.18 Å². The Kier molecular flexibility index (Phi) is 4.50. The summed E-state index contributed by atoms with van der Waals surface area (Å²) in [5, 5.41) is 3.09. The van der Waals surface area contributed by atoms with Crippen molar-refractivity contribution in [1.82, 2.24) is 5.32 Å². The van der Waals surface area contributed by atoms with Gasteiger partial charge in [0.05, 0.1) is 5.92 Å². The van der Waals surface area contributed by atoms with Crippen LogP contribution < -0.4 is 5.32 Å². The van der Waals surface area contributed by atoms with Crippen molar-refractivity contribution in [2.75, 3.05) is 0 Å². The first-order valence-electron chi connectivity index (χ1n) is 6.82. The second-order valence-corrected chi connectivity index (χ2v) is 5.41. The summed E-state index contributed by atoms with van der Waals surface area (Å²) in [6, 6.07) is 7.47. The lowest BCUT2D eigenvalue weighted by Crippen LogP contribution is -2.45. The highest BCUT2D eigenvalue weighted by Crippen LogP contribution is 2.37. The topological polar surface area (TPSA) is 12.0 Å². The molecule has 2 unspecified atom stereocenters. The highest BCUT2D eigenvalue weighted by Gasteiger charge is 2.45. The van der Waals surface area contributed by atoms with Gasteiger partial charge in [0.2, 0.25) is 0 Å². The number of halogens is 3. The number of nitrogens with one attached hydrogen (secondary N) is 1. The minimum absolute atomic E-state index is 0.259. The molecule has 0 spiro atoms. The molecule has 1 nitrogen and oxygen atoms in total. The van der Waals surface area contributed by atoms with Crippen LogP contribution >= 0.6 is 0 Å². The Labute approximate surface area is 112 Å². The van der Waals surface area contributed by atoms with Crippen LogP contribution in [-0.4, -0.2) is 12.2 Å². The summed E-state index contributed by atoms with van der Waals surface area (Å²) in [5.41, 5.74) is 2.20. The third kappa shape index (κ3) is 3.96. The van der Waals surface area contributed by atoms with Gasteiger partial charge in [-0.25, -0.2) is 0 Å². The molecule has 1 N–H and O–H groups in total. The molecule has 0 radical (unpaired) electrons. The van der Waals surface area contributed by atoms with Crippen molar-refractivity contribution in [2.24, 2.45) is 5.92 Å². The van der Waals surface area contributed by atoms with E-state index in [4.69, 9.17) is 0 Å². The molecule has 1 aromatic carbocycles. The number of hydrogen-bond donors (Lipinski definition) is 1. The van der Waals surface area contributed by atoms with Crippen molar-refractivity contribution in [3.63, 3.8) is 0 Å². The summed E-state index contributed by atoms with van der Waals surface area (Å²) in [4.78, 5) is 0. The highest BCUT2D eigenvalue weighted by molar-refractivity contribution is 5.21. The fraction of sp³-hybridized carbons (Fsp3) is 0.600. The van der Waals surface area contributed by atoms with Crippen LogP contribution in [0.4, 0.5) is 13.2 Å². The van der Waals surface area contributed by atoms with E-state index < -0.39 is 18.1 Å². The van der Waals surface area contributed by atoms with Gasteiger partial charge in [-0.05, 0) is 25.3 Å². The van der Waals surface area contributed by atoms with Crippen LogP contribution in [0.2, 0.25) is 0 Å². The van der Waals surface area contributed by atoms with Gasteiger partial charge in [-0.15, -0.1) is 0 Å². The van der Waals surface area contributed by atoms with E-state index in [1.807, 2.05) is 31.2 Å². The molecule has 0 aromatic heterocycles. The van der Waals surface area contributed by atoms with Crippen LogP contribution in [0, 0.1) is 12.8 Å². The molecule has 1 aliphatic rings. The molecular formula is C15H20F3N. The maximum atomic E-state index is 12.9. The smallest absolute Gasteiger partial charge is 0.309 e. The predicted molar refractivity (Wildman–Crippen MR) is 69.8 cm³/mol. The predicted octanol–water partition coefficient (Wildman–Crippen LogP) is 4.21. The van der Waals surface area contributed by atoms with Gasteiger partial charge in [-0.2, -0.15) is 13.2 Å². The summed E-state index contributed by atoms with van der Waals surface area (Å²) in [7, 11) is 0. The zero-order valence-corrected chi connectivity index (χ0v) is 11.1. The summed E-state index contributed by atoms with van der Waals surface area (Å²) in [5.74, 6) is -1.19. The van der Waals surface area contributed by atoms with E-state index >= 15 is 0 Å². The van der Waals surface area contributed by atoms with Crippen molar-refractivity contribution < 1.29 is 13.2 Å². The van der Waals surface area contributed by atoms with E-state index in [0.29, 0.717) is 19.4 Å². The lowest BCUT2D eigenvalue weighted by atomic mass is 9.84. The van der Waals surface area contributed by atoms with Crippen LogP contribution in [-0.2, 0) is 6.54 Å². The quantitative estimate of drug-likeness (QED) is 0.868. The Hall–Kier alpha value is -1.03. The lowest BCUT2D eigenvalue weighted by molar-refractivity contribution is -0.189. The van der Waals surface area contributed by atoms with Gasteiger partial charge in [0.1, 0.15) is 0 Å². The van der Waals surface area contributed by atoms with Crippen LogP contribution in [0.3, 0.4) is 0 Å². The molecule has 1 aromatic rings. The Morgan fingerprint density at radius 1 is 1.11 bits per heavy atom. The van der Waals surface area contributed by atoms with Crippen molar-refractivity contribution in [1.29, 1.82) is 0 Å². The van der Waals surface area contributed by atoms with Crippen LogP contribution in [0.25, 0.3) is 0 Å². The first kappa shape index (κ1) is 14.4. The maximum Gasteiger partial charge on any atom is 0.393 e. The van der Waals surface area contributed by atoms with E-state index in [-0.39, 0.29) is 6.42 Å². The minimum atomic E-state index is -4.08. The third-order valence-corrected chi connectivity index (χ3v) is 3.88. The summed E-state index contributed by atoms with van der Waals surface area (Å²) in [6.07, 6.45) is -1.62. The van der Waals surface area contributed by atoms with Gasteiger partial charge in [0.15, 0.2) is 0 Å². The molecule has 2 atom stereocenters. The van der Waals surface area contributed by atoms with Gasteiger partial charge in [0, 0.05) is 12.6 Å². The monoisotopic (exact) mass is 271 g/mol. The SMILES string of the molecule is Cc1ccc(CNC2CCCCC2C(F)(F)F)cc1. The molecule has 0 heterocycles. The molecule has 0 bridgehead atoms. The van der Waals surface area contributed by atoms with E-state index in [1.165, 1.54) is 0 Å². The van der Waals surface area contributed by atoms with Gasteiger partial charge in [0.25, 0.3) is 0 Å². The van der Waals surface area contributed by atoms with Crippen LogP contribution in [0.15, 0.2) is 24.3 Å². The molecule has 0 aliphatic heterocycles. The molecule has 2 rings (SSSR count). The van der Waals surface area contributed by atoms with Crippen molar-refractivity contribution in [3.8, 4) is 0 Å². The Balaban J connectivity index is 1.94. The standard InChI is InChI=1S/C15H20F3N/c1-11-6-8-12(9-7-11)10-19-14-5-3-2-4-13(14)15(16,17)18/h6-9,13-14,19H,2-5,10H2,1H3. The molecule has 1 fully saturated rings. The van der Waals surface area contributed by atoms with Gasteiger partial charge < -0.3 is 5.32 Å². The number of aryl methyl sites for hydroxylation is 1. The summed E-state index contributed by atoms with van der Waals surface area (Å²) >= 11 is 0. The summed E-state index contributed by atoms with van der Waals surface area (Å²) < 4.78 is 38.8. The molecule has 1 aliphatic carbocycles. The fourth-order valence-electron chi connectivity index (χ4n) is 2.72. The fourth-order valence-corrected chi connectivity index (χ4v) is 2.72. The zero-order chi connectivity index (χ0) is 13.9. The number of benzene rings is 1. The second-order valence-electron chi connectivity index (χ2n) is 5.41. The Morgan fingerprint density at radius 3 is 2.37 bits per heavy atom. The largest absolute Gasteiger partial charge is 0.393 e. The summed E-state index contributed by atoms with van der Waals surface area (Å²) in [6.45, 7) is 2.51. The maximum absolute atomic E-state index is 12.9. The number of hydrogen-bond acceptors (Lipinski definition) is 1. The molecule has 19 heavy (non-hydrogen) atoms. The second kappa shape index (κ2) is 5.95.